The Labute approximate surface area is 246 Å². The van der Waals surface area contributed by atoms with Gasteiger partial charge in [0.05, 0.1) is 5.57 Å². The van der Waals surface area contributed by atoms with Gasteiger partial charge in [0.15, 0.2) is 5.70 Å². The van der Waals surface area contributed by atoms with Crippen LogP contribution in [0.4, 0.5) is 8.63 Å². The number of carbonyl (C=O) groups excluding carboxylic acids is 1. The number of allylic oxidation sites excluding steroid dienone is 2. The van der Waals surface area contributed by atoms with Crippen LogP contribution < -0.4 is 15.9 Å². The van der Waals surface area contributed by atoms with Crippen LogP contribution in [0.15, 0.2) is 108 Å². The van der Waals surface area contributed by atoms with E-state index in [0.717, 1.165) is 28.4 Å². The first-order valence-electron chi connectivity index (χ1n) is 14.2. The minimum Gasteiger partial charge on any atom is -0.393 e. The maximum absolute atomic E-state index is 15.9. The highest BCUT2D eigenvalue weighted by atomic mass is 31.1. The molecule has 42 heavy (non-hydrogen) atoms. The first-order chi connectivity index (χ1) is 20.2. The predicted molar refractivity (Wildman–Crippen MR) is 171 cm³/mol. The molecule has 0 unspecified atom stereocenters. The van der Waals surface area contributed by atoms with Gasteiger partial charge in [0.25, 0.3) is 5.91 Å². The fourth-order valence-electron chi connectivity index (χ4n) is 6.37. The van der Waals surface area contributed by atoms with Crippen LogP contribution in [0.2, 0.25) is 0 Å². The third-order valence-electron chi connectivity index (χ3n) is 8.13. The van der Waals surface area contributed by atoms with Crippen LogP contribution in [0.25, 0.3) is 5.57 Å². The molecule has 212 valence electrons. The Morgan fingerprint density at radius 2 is 1.48 bits per heavy atom. The number of nitrogens with zero attached hydrogens (tertiary/aromatic N) is 2. The summed E-state index contributed by atoms with van der Waals surface area (Å²) in [6, 6.07) is 30.0. The Bertz CT molecular complexity index is 1740. The van der Waals surface area contributed by atoms with Crippen molar-refractivity contribution in [1.29, 1.82) is 0 Å². The molecule has 0 bridgehead atoms. The van der Waals surface area contributed by atoms with Crippen LogP contribution in [-0.4, -0.2) is 40.3 Å². The molecule has 1 aromatic heterocycles. The van der Waals surface area contributed by atoms with Crippen molar-refractivity contribution >= 4 is 42.7 Å². The van der Waals surface area contributed by atoms with Gasteiger partial charge >= 0.3 is 6.97 Å². The van der Waals surface area contributed by atoms with Crippen molar-refractivity contribution in [3.05, 3.63) is 136 Å². The Morgan fingerprint density at radius 3 is 2.07 bits per heavy atom. The number of halogens is 2. The molecule has 0 aliphatic carbocycles. The molecular weight excluding hydrogens is 546 g/mol. The van der Waals surface area contributed by atoms with E-state index in [1.807, 2.05) is 50.3 Å². The Kier molecular flexibility index (Phi) is 7.32. The number of hydrogen-bond acceptors (Lipinski definition) is 1. The maximum atomic E-state index is 15.9. The topological polar surface area (TPSA) is 37.0 Å². The summed E-state index contributed by atoms with van der Waals surface area (Å²) in [5.74, 6) is -0.146. The fraction of sp³-hybridized carbons (Fsp3) is 0.176. The lowest BCUT2D eigenvalue weighted by Crippen LogP contribution is -2.51. The summed E-state index contributed by atoms with van der Waals surface area (Å²) in [6.45, 7) is 3.75. The molecule has 0 fully saturated rings. The predicted octanol–water partition coefficient (Wildman–Crippen LogP) is 6.40. The van der Waals surface area contributed by atoms with Crippen molar-refractivity contribution in [3.8, 4) is 0 Å². The second-order valence-electron chi connectivity index (χ2n) is 11.0. The van der Waals surface area contributed by atoms with E-state index in [2.05, 4.69) is 53.8 Å². The van der Waals surface area contributed by atoms with Gasteiger partial charge in [-0.25, -0.2) is 0 Å². The lowest BCUT2D eigenvalue weighted by Gasteiger charge is -2.34. The van der Waals surface area contributed by atoms with Gasteiger partial charge in [-0.2, -0.15) is 0 Å². The van der Waals surface area contributed by atoms with E-state index in [4.69, 9.17) is 0 Å². The molecule has 3 aromatic carbocycles. The molecule has 1 amide bonds. The zero-order valence-electron chi connectivity index (χ0n) is 24.2. The second-order valence-corrected chi connectivity index (χ2v) is 13.3. The highest BCUT2D eigenvalue weighted by Gasteiger charge is 2.55. The molecule has 0 atom stereocenters. The zero-order chi connectivity index (χ0) is 29.6. The minimum atomic E-state index is -4.02. The number of aromatic nitrogens is 1. The molecule has 2 aliphatic heterocycles. The molecule has 8 heteroatoms. The van der Waals surface area contributed by atoms with Crippen molar-refractivity contribution in [1.82, 2.24) is 9.79 Å². The lowest BCUT2D eigenvalue weighted by atomic mass is 9.83. The van der Waals surface area contributed by atoms with Crippen LogP contribution in [0, 0.1) is 13.8 Å². The van der Waals surface area contributed by atoms with Crippen LogP contribution in [0.3, 0.4) is 0 Å². The van der Waals surface area contributed by atoms with Crippen molar-refractivity contribution < 1.29 is 17.9 Å². The standard InChI is InChI=1S/C34H33BF2N3OP/c1-23-21-25(3)39-32(23)31(33-24(2)22-26(4)40(33)35(39,36)37)27-15-17-28(18-16-27)34(41)38-19-20-42(29-11-7-5-8-12-29)30-13-9-6-10-14-30/h5-18,21-22H,19-20H2,1-4H3,(H,38,41). The van der Waals surface area contributed by atoms with Crippen molar-refractivity contribution in [2.45, 2.75) is 27.7 Å². The summed E-state index contributed by atoms with van der Waals surface area (Å²) in [6.07, 6.45) is 2.65. The second kappa shape index (κ2) is 11.0. The maximum Gasteiger partial charge on any atom is 0.737 e. The molecule has 0 saturated carbocycles. The van der Waals surface area contributed by atoms with E-state index in [-0.39, 0.29) is 5.91 Å². The van der Waals surface area contributed by atoms with Crippen molar-refractivity contribution in [3.63, 3.8) is 0 Å². The number of benzene rings is 3. The zero-order valence-corrected chi connectivity index (χ0v) is 25.1. The number of aryl methyl sites for hydroxylation is 2. The largest absolute Gasteiger partial charge is 0.737 e. The molecular formula is C34H33BF2N3OP. The summed E-state index contributed by atoms with van der Waals surface area (Å²) in [5, 5.41) is 5.65. The molecule has 0 spiro atoms. The average molecular weight is 579 g/mol. The Hall–Kier alpha value is -4.09. The normalized spacial score (nSPS) is 15.5. The van der Waals surface area contributed by atoms with Crippen LogP contribution in [-0.2, 0) is 0 Å². The van der Waals surface area contributed by atoms with Gasteiger partial charge in [0.1, 0.15) is 5.71 Å². The highest BCUT2D eigenvalue weighted by Crippen LogP contribution is 2.44. The number of carbonyl (C=O) groups is 1. The highest BCUT2D eigenvalue weighted by molar-refractivity contribution is 7.73. The van der Waals surface area contributed by atoms with E-state index >= 15 is 8.63 Å². The molecule has 2 aliphatic rings. The van der Waals surface area contributed by atoms with Gasteiger partial charge in [-0.05, 0) is 80.5 Å². The number of nitrogens with one attached hydrogen (secondary N) is 1. The lowest BCUT2D eigenvalue weighted by molar-refractivity contribution is -0.363. The van der Waals surface area contributed by atoms with Gasteiger partial charge in [-0.15, -0.1) is 0 Å². The monoisotopic (exact) mass is 579 g/mol. The van der Waals surface area contributed by atoms with Crippen molar-refractivity contribution in [2.75, 3.05) is 12.7 Å². The first kappa shape index (κ1) is 28.1. The summed E-state index contributed by atoms with van der Waals surface area (Å²) in [4.78, 5) is 13.2. The Morgan fingerprint density at radius 1 is 0.881 bits per heavy atom. The number of amides is 1. The van der Waals surface area contributed by atoms with Gasteiger partial charge in [-0.1, -0.05) is 72.8 Å². The van der Waals surface area contributed by atoms with E-state index in [1.54, 1.807) is 26.0 Å². The molecule has 0 radical (unpaired) electrons. The molecule has 3 heterocycles. The third kappa shape index (κ3) is 4.76. The summed E-state index contributed by atoms with van der Waals surface area (Å²) in [7, 11) is -0.606. The van der Waals surface area contributed by atoms with Gasteiger partial charge in [0, 0.05) is 36.4 Å². The SMILES string of the molecule is CC1=CC(C)=[N+]2C1=C(c1ccc(C(=O)NCCP(c3ccccc3)c3ccccc3)cc1)c1c(C)cc(C)n1[B-]2(F)F. The average Bonchev–Trinajstić information content (AvgIpc) is 3.47. The van der Waals surface area contributed by atoms with Gasteiger partial charge in [-0.3, -0.25) is 4.79 Å². The van der Waals surface area contributed by atoms with Crippen LogP contribution >= 0.6 is 7.92 Å². The smallest absolute Gasteiger partial charge is 0.393 e. The summed E-state index contributed by atoms with van der Waals surface area (Å²) >= 11 is 0. The van der Waals surface area contributed by atoms with E-state index < -0.39 is 14.9 Å². The number of hydrogen-bond donors (Lipinski definition) is 1. The van der Waals surface area contributed by atoms with E-state index in [1.165, 1.54) is 19.6 Å². The molecule has 0 saturated heterocycles. The fourth-order valence-corrected chi connectivity index (χ4v) is 8.58. The molecule has 1 N–H and O–H groups in total. The molecule has 4 aromatic rings. The molecule has 4 nitrogen and oxygen atoms in total. The van der Waals surface area contributed by atoms with E-state index in [0.29, 0.717) is 34.9 Å². The third-order valence-corrected chi connectivity index (χ3v) is 10.6. The molecule has 6 rings (SSSR count). The van der Waals surface area contributed by atoms with Crippen LogP contribution in [0.5, 0.6) is 0 Å². The van der Waals surface area contributed by atoms with Gasteiger partial charge < -0.3 is 22.9 Å². The van der Waals surface area contributed by atoms with Crippen molar-refractivity contribution in [2.24, 2.45) is 0 Å². The summed E-state index contributed by atoms with van der Waals surface area (Å²) < 4.78 is 34.2. The van der Waals surface area contributed by atoms with Gasteiger partial charge in [0.2, 0.25) is 0 Å². The summed E-state index contributed by atoms with van der Waals surface area (Å²) in [5.41, 5.74) is 5.87. The Balaban J connectivity index is 1.26. The number of rotatable bonds is 7. The minimum absolute atomic E-state index is 0.146. The van der Waals surface area contributed by atoms with Crippen LogP contribution in [0.1, 0.15) is 46.7 Å². The number of fused-ring (bicyclic) bond motifs is 2. The quantitative estimate of drug-likeness (QED) is 0.200. The van der Waals surface area contributed by atoms with E-state index in [9.17, 15) is 4.79 Å². The first-order valence-corrected chi connectivity index (χ1v) is 15.7.